The molecular weight excluding hydrogens is 352 g/mol. The Labute approximate surface area is 156 Å². The van der Waals surface area contributed by atoms with Gasteiger partial charge in [0.25, 0.3) is 0 Å². The van der Waals surface area contributed by atoms with Crippen molar-refractivity contribution in [3.05, 3.63) is 60.2 Å². The molecule has 1 amide bonds. The fourth-order valence-electron chi connectivity index (χ4n) is 2.70. The fourth-order valence-corrected chi connectivity index (χ4v) is 3.69. The number of fused-ring (bicyclic) bond motifs is 1. The van der Waals surface area contributed by atoms with Crippen molar-refractivity contribution >= 4 is 29.3 Å². The minimum absolute atomic E-state index is 0.240. The number of carbonyl (C=O) groups is 2. The number of thioether (sulfide) groups is 1. The van der Waals surface area contributed by atoms with E-state index in [2.05, 4.69) is 5.32 Å². The highest BCUT2D eigenvalue weighted by Gasteiger charge is 2.23. The Morgan fingerprint density at radius 2 is 1.88 bits per heavy atom. The molecule has 0 spiro atoms. The van der Waals surface area contributed by atoms with Crippen molar-refractivity contribution < 1.29 is 19.5 Å². The van der Waals surface area contributed by atoms with Crippen LogP contribution in [0.5, 0.6) is 0 Å². The van der Waals surface area contributed by atoms with Crippen LogP contribution in [0.25, 0.3) is 0 Å². The molecule has 0 fully saturated rings. The minimum Gasteiger partial charge on any atom is -0.479 e. The van der Waals surface area contributed by atoms with Gasteiger partial charge in [-0.1, -0.05) is 42.5 Å². The van der Waals surface area contributed by atoms with Crippen LogP contribution in [0.15, 0.2) is 59.5 Å². The second-order valence-corrected chi connectivity index (χ2v) is 6.93. The number of carbonyl (C=O) groups excluding carboxylic acids is 1. The van der Waals surface area contributed by atoms with Crippen LogP contribution in [-0.4, -0.2) is 35.9 Å². The van der Waals surface area contributed by atoms with Gasteiger partial charge in [-0.25, -0.2) is 4.79 Å². The van der Waals surface area contributed by atoms with Gasteiger partial charge in [-0.2, -0.15) is 0 Å². The van der Waals surface area contributed by atoms with E-state index in [0.717, 1.165) is 22.8 Å². The highest BCUT2D eigenvalue weighted by atomic mass is 32.2. The van der Waals surface area contributed by atoms with E-state index in [1.807, 2.05) is 24.3 Å². The number of benzene rings is 2. The van der Waals surface area contributed by atoms with Gasteiger partial charge >= 0.3 is 5.97 Å². The number of anilines is 1. The van der Waals surface area contributed by atoms with Crippen molar-refractivity contribution in [2.24, 2.45) is 0 Å². The number of rotatable bonds is 6. The Bertz CT molecular complexity index is 769. The van der Waals surface area contributed by atoms with Crippen molar-refractivity contribution in [2.45, 2.75) is 17.4 Å². The molecule has 0 bridgehead atoms. The first-order chi connectivity index (χ1) is 12.6. The van der Waals surface area contributed by atoms with E-state index in [9.17, 15) is 14.7 Å². The van der Waals surface area contributed by atoms with Crippen LogP contribution in [0.1, 0.15) is 18.0 Å². The SMILES string of the molecule is O=C(CON1CCCSc2ccccc21)N[C@@H](C(=O)O)c1ccccc1. The molecular formula is C19H20N2O4S. The van der Waals surface area contributed by atoms with Gasteiger partial charge in [0.2, 0.25) is 5.91 Å². The summed E-state index contributed by atoms with van der Waals surface area (Å²) in [6.45, 7) is 0.438. The first-order valence-electron chi connectivity index (χ1n) is 8.34. The van der Waals surface area contributed by atoms with Gasteiger partial charge in [-0.05, 0) is 29.9 Å². The highest BCUT2D eigenvalue weighted by molar-refractivity contribution is 7.99. The predicted octanol–water partition coefficient (Wildman–Crippen LogP) is 2.86. The van der Waals surface area contributed by atoms with Crippen LogP contribution in [-0.2, 0) is 14.4 Å². The van der Waals surface area contributed by atoms with Crippen LogP contribution < -0.4 is 10.4 Å². The summed E-state index contributed by atoms with van der Waals surface area (Å²) in [5, 5.41) is 13.6. The first-order valence-corrected chi connectivity index (χ1v) is 9.33. The van der Waals surface area contributed by atoms with Crippen LogP contribution in [0.2, 0.25) is 0 Å². The van der Waals surface area contributed by atoms with Gasteiger partial charge in [0.05, 0.1) is 5.69 Å². The van der Waals surface area contributed by atoms with Crippen molar-refractivity contribution in [2.75, 3.05) is 24.0 Å². The van der Waals surface area contributed by atoms with Crippen molar-refractivity contribution in [3.63, 3.8) is 0 Å². The number of aliphatic carboxylic acids is 1. The summed E-state index contributed by atoms with van der Waals surface area (Å²) in [5.74, 6) is -0.602. The van der Waals surface area contributed by atoms with E-state index in [0.29, 0.717) is 12.1 Å². The quantitative estimate of drug-likeness (QED) is 0.812. The number of nitrogens with zero attached hydrogens (tertiary/aromatic N) is 1. The molecule has 26 heavy (non-hydrogen) atoms. The average molecular weight is 372 g/mol. The Morgan fingerprint density at radius 1 is 1.15 bits per heavy atom. The molecule has 3 rings (SSSR count). The van der Waals surface area contributed by atoms with Crippen molar-refractivity contribution in [1.29, 1.82) is 0 Å². The summed E-state index contributed by atoms with van der Waals surface area (Å²) in [6, 6.07) is 15.4. The van der Waals surface area contributed by atoms with Gasteiger partial charge in [0.15, 0.2) is 12.6 Å². The number of nitrogens with one attached hydrogen (secondary N) is 1. The number of para-hydroxylation sites is 1. The molecule has 0 unspecified atom stereocenters. The molecule has 0 aromatic heterocycles. The van der Waals surface area contributed by atoms with Gasteiger partial charge in [-0.15, -0.1) is 11.8 Å². The van der Waals surface area contributed by atoms with E-state index in [1.54, 1.807) is 47.2 Å². The molecule has 136 valence electrons. The summed E-state index contributed by atoms with van der Waals surface area (Å²) >= 11 is 1.76. The maximum atomic E-state index is 12.2. The zero-order chi connectivity index (χ0) is 18.4. The largest absolute Gasteiger partial charge is 0.479 e. The molecule has 1 aliphatic rings. The molecule has 0 saturated carbocycles. The first kappa shape index (κ1) is 18.3. The number of amides is 1. The molecule has 1 heterocycles. The third kappa shape index (κ3) is 4.56. The summed E-state index contributed by atoms with van der Waals surface area (Å²) in [5.41, 5.74) is 1.45. The second-order valence-electron chi connectivity index (χ2n) is 5.79. The molecule has 1 atom stereocenters. The monoisotopic (exact) mass is 372 g/mol. The Morgan fingerprint density at radius 3 is 2.65 bits per heavy atom. The molecule has 6 nitrogen and oxygen atoms in total. The molecule has 2 aromatic carbocycles. The lowest BCUT2D eigenvalue weighted by Crippen LogP contribution is -2.38. The van der Waals surface area contributed by atoms with E-state index >= 15 is 0 Å². The van der Waals surface area contributed by atoms with Gasteiger partial charge in [0, 0.05) is 11.4 Å². The number of hydrogen-bond acceptors (Lipinski definition) is 5. The average Bonchev–Trinajstić information content (AvgIpc) is 2.87. The molecule has 2 N–H and O–H groups in total. The Hall–Kier alpha value is -2.51. The van der Waals surface area contributed by atoms with Crippen LogP contribution in [0.4, 0.5) is 5.69 Å². The third-order valence-electron chi connectivity index (χ3n) is 3.93. The lowest BCUT2D eigenvalue weighted by molar-refractivity contribution is -0.142. The molecule has 0 radical (unpaired) electrons. The maximum Gasteiger partial charge on any atom is 0.330 e. The Kier molecular flexibility index (Phi) is 6.14. The fraction of sp³-hybridized carbons (Fsp3) is 0.263. The highest BCUT2D eigenvalue weighted by Crippen LogP contribution is 2.33. The summed E-state index contributed by atoms with van der Waals surface area (Å²) in [4.78, 5) is 30.5. The predicted molar refractivity (Wildman–Crippen MR) is 100 cm³/mol. The van der Waals surface area contributed by atoms with Crippen LogP contribution in [0, 0.1) is 0 Å². The maximum absolute atomic E-state index is 12.2. The van der Waals surface area contributed by atoms with E-state index in [1.165, 1.54) is 0 Å². The van der Waals surface area contributed by atoms with E-state index in [-0.39, 0.29) is 6.61 Å². The van der Waals surface area contributed by atoms with Gasteiger partial charge in [-0.3, -0.25) is 14.7 Å². The molecule has 1 aliphatic heterocycles. The second kappa shape index (κ2) is 8.73. The van der Waals surface area contributed by atoms with E-state index in [4.69, 9.17) is 4.84 Å². The van der Waals surface area contributed by atoms with E-state index < -0.39 is 17.9 Å². The molecule has 0 saturated heterocycles. The summed E-state index contributed by atoms with van der Waals surface area (Å²) in [7, 11) is 0. The van der Waals surface area contributed by atoms with Crippen LogP contribution >= 0.6 is 11.8 Å². The zero-order valence-electron chi connectivity index (χ0n) is 14.1. The number of hydroxylamine groups is 1. The van der Waals surface area contributed by atoms with Gasteiger partial charge < -0.3 is 10.4 Å². The lowest BCUT2D eigenvalue weighted by Gasteiger charge is -2.23. The third-order valence-corrected chi connectivity index (χ3v) is 5.08. The Balaban J connectivity index is 1.62. The number of carboxylic acid groups (broad SMARTS) is 1. The smallest absolute Gasteiger partial charge is 0.330 e. The molecule has 0 aliphatic carbocycles. The molecule has 2 aromatic rings. The van der Waals surface area contributed by atoms with Crippen molar-refractivity contribution in [1.82, 2.24) is 5.32 Å². The summed E-state index contributed by atoms with van der Waals surface area (Å²) < 4.78 is 0. The minimum atomic E-state index is -1.11. The summed E-state index contributed by atoms with van der Waals surface area (Å²) in [6.07, 6.45) is 0.933. The van der Waals surface area contributed by atoms with Gasteiger partial charge in [0.1, 0.15) is 0 Å². The topological polar surface area (TPSA) is 78.9 Å². The number of hydrogen-bond donors (Lipinski definition) is 2. The molecule has 7 heteroatoms. The van der Waals surface area contributed by atoms with Crippen molar-refractivity contribution in [3.8, 4) is 0 Å². The normalized spacial score (nSPS) is 14.8. The lowest BCUT2D eigenvalue weighted by atomic mass is 10.1. The van der Waals surface area contributed by atoms with Crippen LogP contribution in [0.3, 0.4) is 0 Å². The standard InChI is InChI=1S/C19H20N2O4S/c22-17(20-18(19(23)24)14-7-2-1-3-8-14)13-25-21-11-6-12-26-16-10-5-4-9-15(16)21/h1-5,7-10,18H,6,11-13H2,(H,20,22)(H,23,24)/t18-/m1/s1. The number of carboxylic acids is 1. The zero-order valence-corrected chi connectivity index (χ0v) is 14.9.